The molecule has 0 spiro atoms. The molecule has 0 unspecified atom stereocenters. The van der Waals surface area contributed by atoms with E-state index in [9.17, 15) is 20.0 Å². The first-order valence-corrected chi connectivity index (χ1v) is 10.6. The normalized spacial score (nSPS) is 13.2. The first-order chi connectivity index (χ1) is 15.4. The summed E-state index contributed by atoms with van der Waals surface area (Å²) < 4.78 is 1.76. The number of nitrogens with one attached hydrogen (secondary N) is 3. The van der Waals surface area contributed by atoms with E-state index >= 15 is 0 Å². The van der Waals surface area contributed by atoms with E-state index in [-0.39, 0.29) is 57.9 Å². The van der Waals surface area contributed by atoms with Gasteiger partial charge in [0, 0.05) is 18.9 Å². The summed E-state index contributed by atoms with van der Waals surface area (Å²) in [6.07, 6.45) is 2.95. The predicted molar refractivity (Wildman–Crippen MR) is 121 cm³/mol. The molecule has 4 N–H and O–H groups in total. The lowest BCUT2D eigenvalue weighted by atomic mass is 10.1. The number of carbonyl (C=O) groups is 1. The van der Waals surface area contributed by atoms with Crippen LogP contribution in [-0.4, -0.2) is 44.7 Å². The average Bonchev–Trinajstić information content (AvgIpc) is 3.10. The van der Waals surface area contributed by atoms with E-state index in [0.29, 0.717) is 5.82 Å². The number of anilines is 2. The number of rotatable bonds is 9. The highest BCUT2D eigenvalue weighted by Crippen LogP contribution is 2.11. The molecule has 2 aromatic heterocycles. The highest BCUT2D eigenvalue weighted by atomic mass is 32.1. The van der Waals surface area contributed by atoms with Gasteiger partial charge in [-0.1, -0.05) is 13.8 Å². The Morgan fingerprint density at radius 2 is 2.16 bits per heavy atom. The minimum Gasteiger partial charge on any atom is -0.394 e. The lowest BCUT2D eigenvalue weighted by Gasteiger charge is -2.20. The zero-order valence-electron chi connectivity index (χ0n) is 17.9. The van der Waals surface area contributed by atoms with Crippen molar-refractivity contribution in [1.29, 1.82) is 10.5 Å². The Kier molecular flexibility index (Phi) is 8.89. The van der Waals surface area contributed by atoms with Crippen LogP contribution >= 0.6 is 11.3 Å². The average molecular weight is 457 g/mol. The van der Waals surface area contributed by atoms with Gasteiger partial charge in [-0.15, -0.1) is 11.3 Å². The summed E-state index contributed by atoms with van der Waals surface area (Å²) in [6.45, 7) is 5.63. The molecule has 0 saturated carbocycles. The maximum atomic E-state index is 12.7. The van der Waals surface area contributed by atoms with E-state index in [0.717, 1.165) is 11.3 Å². The van der Waals surface area contributed by atoms with Crippen molar-refractivity contribution in [2.75, 3.05) is 23.8 Å². The minimum absolute atomic E-state index is 0.0508. The number of aliphatic hydroxyl groups is 1. The van der Waals surface area contributed by atoms with Crippen molar-refractivity contribution in [3.8, 4) is 12.1 Å². The molecule has 2 rings (SSSR count). The van der Waals surface area contributed by atoms with Crippen molar-refractivity contribution in [3.63, 3.8) is 0 Å². The summed E-state index contributed by atoms with van der Waals surface area (Å²) in [5, 5.41) is 35.8. The van der Waals surface area contributed by atoms with Crippen molar-refractivity contribution in [1.82, 2.24) is 19.9 Å². The molecule has 1 atom stereocenters. The molecule has 0 aliphatic heterocycles. The molecule has 12 heteroatoms. The molecule has 11 nitrogen and oxygen atoms in total. The molecule has 0 fully saturated rings. The van der Waals surface area contributed by atoms with Crippen LogP contribution in [0.5, 0.6) is 0 Å². The number of hydrogen-bond acceptors (Lipinski definition) is 10. The standard InChI is InChI=1S/C20H24N8O3S/c1-4-28-18(31)15(32-19(28)13(9-22)17(30)23-8-6-21)10-25-20-24-7-5-16(27-20)26-14(11-29)12(2)3/h5,7,10,12,14,29H,4,8,11H2,1-3H3,(H,23,30)(H2,24,25,26,27)/b15-10+,19-13-/t14-/m0/s1. The van der Waals surface area contributed by atoms with Crippen LogP contribution in [0.3, 0.4) is 0 Å². The van der Waals surface area contributed by atoms with Crippen molar-refractivity contribution in [3.05, 3.63) is 31.8 Å². The number of carbonyl (C=O) groups excluding carboxylic acids is 1. The summed E-state index contributed by atoms with van der Waals surface area (Å²) in [4.78, 5) is 33.4. The van der Waals surface area contributed by atoms with Gasteiger partial charge in [0.05, 0.1) is 18.7 Å². The molecule has 2 heterocycles. The molecule has 0 aliphatic carbocycles. The molecule has 1 amide bonds. The van der Waals surface area contributed by atoms with Crippen molar-refractivity contribution >= 4 is 40.8 Å². The topological polar surface area (TPSA) is 169 Å². The lowest BCUT2D eigenvalue weighted by molar-refractivity contribution is -0.115. The number of aromatic nitrogens is 3. The molecule has 0 saturated heterocycles. The molecular formula is C20H24N8O3S. The van der Waals surface area contributed by atoms with E-state index in [2.05, 4.69) is 25.9 Å². The fourth-order valence-corrected chi connectivity index (χ4v) is 3.73. The molecule has 0 aromatic carbocycles. The van der Waals surface area contributed by atoms with Crippen molar-refractivity contribution < 1.29 is 9.90 Å². The predicted octanol–water partition coefficient (Wildman–Crippen LogP) is -0.687. The Morgan fingerprint density at radius 1 is 1.41 bits per heavy atom. The molecule has 0 aliphatic rings. The van der Waals surface area contributed by atoms with Gasteiger partial charge in [-0.3, -0.25) is 14.2 Å². The fraction of sp³-hybridized carbons (Fsp3) is 0.400. The van der Waals surface area contributed by atoms with E-state index in [4.69, 9.17) is 5.26 Å². The summed E-state index contributed by atoms with van der Waals surface area (Å²) >= 11 is 0.972. The van der Waals surface area contributed by atoms with Gasteiger partial charge < -0.3 is 21.1 Å². The second-order valence-electron chi connectivity index (χ2n) is 6.88. The van der Waals surface area contributed by atoms with Crippen LogP contribution in [-0.2, 0) is 11.3 Å². The first-order valence-electron chi connectivity index (χ1n) is 9.82. The van der Waals surface area contributed by atoms with Crippen molar-refractivity contribution in [2.24, 2.45) is 5.92 Å². The van der Waals surface area contributed by atoms with Gasteiger partial charge >= 0.3 is 0 Å². The summed E-state index contributed by atoms with van der Waals surface area (Å²) in [5.41, 5.74) is -0.620. The summed E-state index contributed by atoms with van der Waals surface area (Å²) in [6, 6.07) is 5.07. The van der Waals surface area contributed by atoms with E-state index in [1.165, 1.54) is 17.0 Å². The van der Waals surface area contributed by atoms with Crippen LogP contribution in [0.2, 0.25) is 0 Å². The highest BCUT2D eigenvalue weighted by molar-refractivity contribution is 7.07. The van der Waals surface area contributed by atoms with E-state index < -0.39 is 5.91 Å². The molecule has 2 aromatic rings. The molecule has 168 valence electrons. The van der Waals surface area contributed by atoms with E-state index in [1.807, 2.05) is 19.9 Å². The van der Waals surface area contributed by atoms with Gasteiger partial charge in [0.1, 0.15) is 27.6 Å². The van der Waals surface area contributed by atoms with Crippen LogP contribution in [0.15, 0.2) is 17.1 Å². The second kappa shape index (κ2) is 11.6. The van der Waals surface area contributed by atoms with Crippen LogP contribution < -0.4 is 30.7 Å². The van der Waals surface area contributed by atoms with Gasteiger partial charge in [0.15, 0.2) is 5.57 Å². The number of amides is 1. The molecule has 0 radical (unpaired) electrons. The number of hydrogen-bond donors (Lipinski definition) is 4. The third kappa shape index (κ3) is 5.91. The first kappa shape index (κ1) is 24.5. The summed E-state index contributed by atoms with van der Waals surface area (Å²) in [7, 11) is 0. The van der Waals surface area contributed by atoms with Crippen LogP contribution in [0.4, 0.5) is 11.8 Å². The maximum absolute atomic E-state index is 12.7. The van der Waals surface area contributed by atoms with Gasteiger partial charge in [0.25, 0.3) is 11.5 Å². The number of thiazole rings is 1. The van der Waals surface area contributed by atoms with Crippen LogP contribution in [0.1, 0.15) is 20.8 Å². The zero-order valence-corrected chi connectivity index (χ0v) is 18.7. The lowest BCUT2D eigenvalue weighted by Crippen LogP contribution is -2.34. The van der Waals surface area contributed by atoms with E-state index in [1.54, 1.807) is 19.1 Å². The zero-order chi connectivity index (χ0) is 23.7. The van der Waals surface area contributed by atoms with Gasteiger partial charge in [-0.2, -0.15) is 15.5 Å². The maximum Gasteiger partial charge on any atom is 0.270 e. The smallest absolute Gasteiger partial charge is 0.270 e. The Hall–Kier alpha value is -3.74. The van der Waals surface area contributed by atoms with Crippen molar-refractivity contribution in [2.45, 2.75) is 33.4 Å². The monoisotopic (exact) mass is 456 g/mol. The van der Waals surface area contributed by atoms with Crippen LogP contribution in [0.25, 0.3) is 11.8 Å². The Balaban J connectivity index is 2.41. The largest absolute Gasteiger partial charge is 0.394 e. The summed E-state index contributed by atoms with van der Waals surface area (Å²) in [5.74, 6) is 0.202. The number of nitriles is 2. The molecule has 0 bridgehead atoms. The number of nitrogens with zero attached hydrogens (tertiary/aromatic N) is 5. The minimum atomic E-state index is -0.720. The quantitative estimate of drug-likeness (QED) is 0.357. The van der Waals surface area contributed by atoms with Gasteiger partial charge in [-0.25, -0.2) is 4.98 Å². The second-order valence-corrected chi connectivity index (χ2v) is 7.91. The Bertz CT molecular complexity index is 1220. The highest BCUT2D eigenvalue weighted by Gasteiger charge is 2.15. The Labute approximate surface area is 188 Å². The van der Waals surface area contributed by atoms with Gasteiger partial charge in [-0.05, 0) is 18.9 Å². The molecular weight excluding hydrogens is 432 g/mol. The van der Waals surface area contributed by atoms with Crippen LogP contribution in [0, 0.1) is 28.6 Å². The Morgan fingerprint density at radius 3 is 2.75 bits per heavy atom. The fourth-order valence-electron chi connectivity index (χ4n) is 2.65. The van der Waals surface area contributed by atoms with Gasteiger partial charge in [0.2, 0.25) is 5.95 Å². The SMILES string of the molecule is CCn1c(=O)/c(=C\Nc2nccc(N[C@@H](CO)C(C)C)n2)s/c1=C(/C#N)C(=O)NCC#N. The number of aliphatic hydroxyl groups excluding tert-OH is 1. The third-order valence-electron chi connectivity index (χ3n) is 4.43. The molecule has 32 heavy (non-hydrogen) atoms. The third-order valence-corrected chi connectivity index (χ3v) is 5.56.